The fourth-order valence-corrected chi connectivity index (χ4v) is 2.84. The van der Waals surface area contributed by atoms with Gasteiger partial charge in [-0.25, -0.2) is 4.98 Å². The second kappa shape index (κ2) is 8.98. The smallest absolute Gasteiger partial charge is 0.167 e. The van der Waals surface area contributed by atoms with Gasteiger partial charge in [-0.2, -0.15) is 0 Å². The van der Waals surface area contributed by atoms with E-state index in [1.54, 1.807) is 12.4 Å². The van der Waals surface area contributed by atoms with Gasteiger partial charge in [0, 0.05) is 24.4 Å². The molecule has 0 atom stereocenters. The van der Waals surface area contributed by atoms with Crippen LogP contribution in [0.25, 0.3) is 5.65 Å². The van der Waals surface area contributed by atoms with Gasteiger partial charge in [-0.1, -0.05) is 31.6 Å². The van der Waals surface area contributed by atoms with E-state index in [9.17, 15) is 0 Å². The van der Waals surface area contributed by atoms with E-state index in [1.807, 2.05) is 54.9 Å². The fourth-order valence-electron chi connectivity index (χ4n) is 2.84. The van der Waals surface area contributed by atoms with Crippen LogP contribution in [-0.4, -0.2) is 30.3 Å². The number of hydrogen-bond acceptors (Lipinski definition) is 5. The van der Waals surface area contributed by atoms with Gasteiger partial charge in [0.25, 0.3) is 0 Å². The highest BCUT2D eigenvalue weighted by molar-refractivity contribution is 5.97. The monoisotopic (exact) mass is 360 g/mol. The van der Waals surface area contributed by atoms with Crippen LogP contribution in [0.3, 0.4) is 0 Å². The minimum Gasteiger partial charge on any atom is -0.269 e. The molecule has 6 nitrogen and oxygen atoms in total. The van der Waals surface area contributed by atoms with Gasteiger partial charge in [0.05, 0.1) is 17.1 Å². The van der Waals surface area contributed by atoms with Crippen LogP contribution in [0.4, 0.5) is 0 Å². The molecule has 0 fully saturated rings. The number of rotatable bonds is 7. The lowest BCUT2D eigenvalue weighted by Gasteiger charge is -2.07. The van der Waals surface area contributed by atoms with Gasteiger partial charge in [-0.05, 0) is 38.5 Å². The van der Waals surface area contributed by atoms with Gasteiger partial charge in [-0.3, -0.25) is 14.4 Å². The number of nitrogens with zero attached hydrogens (tertiary/aromatic N) is 6. The van der Waals surface area contributed by atoms with Gasteiger partial charge in [0.15, 0.2) is 5.65 Å². The molecule has 138 valence electrons. The molecule has 0 aliphatic carbocycles. The van der Waals surface area contributed by atoms with E-state index in [1.165, 1.54) is 5.56 Å². The van der Waals surface area contributed by atoms with Crippen LogP contribution in [0.5, 0.6) is 0 Å². The number of allylic oxidation sites excluding steroid dienone is 3. The first-order valence-corrected chi connectivity index (χ1v) is 9.16. The van der Waals surface area contributed by atoms with E-state index in [2.05, 4.69) is 38.2 Å². The van der Waals surface area contributed by atoms with Crippen molar-refractivity contribution in [1.29, 1.82) is 0 Å². The molecule has 0 aromatic carbocycles. The molecule has 3 rings (SSSR count). The molecule has 0 N–H and O–H groups in total. The first-order valence-electron chi connectivity index (χ1n) is 9.16. The highest BCUT2D eigenvalue weighted by atomic mass is 15.3. The molecule has 3 aromatic heterocycles. The third-order valence-electron chi connectivity index (χ3n) is 4.26. The van der Waals surface area contributed by atoms with E-state index >= 15 is 0 Å². The Labute approximate surface area is 159 Å². The Morgan fingerprint density at radius 1 is 1.19 bits per heavy atom. The first kappa shape index (κ1) is 18.6. The summed E-state index contributed by atoms with van der Waals surface area (Å²) in [5.41, 5.74) is 4.92. The summed E-state index contributed by atoms with van der Waals surface area (Å²) in [6.07, 6.45) is 14.1. The summed E-state index contributed by atoms with van der Waals surface area (Å²) < 4.78 is 1.95. The largest absolute Gasteiger partial charge is 0.269 e. The van der Waals surface area contributed by atoms with E-state index in [4.69, 9.17) is 0 Å². The summed E-state index contributed by atoms with van der Waals surface area (Å²) >= 11 is 0. The zero-order valence-electron chi connectivity index (χ0n) is 16.0. The average Bonchev–Trinajstić information content (AvgIpc) is 3.07. The number of pyridine rings is 1. The normalized spacial score (nSPS) is 12.6. The summed E-state index contributed by atoms with van der Waals surface area (Å²) in [5.74, 6) is 0.862. The van der Waals surface area contributed by atoms with Gasteiger partial charge in [0.2, 0.25) is 0 Å². The third-order valence-corrected chi connectivity index (χ3v) is 4.26. The lowest BCUT2D eigenvalue weighted by molar-refractivity contribution is 0.866. The van der Waals surface area contributed by atoms with Crippen molar-refractivity contribution in [2.24, 2.45) is 4.99 Å². The van der Waals surface area contributed by atoms with Gasteiger partial charge in [0.1, 0.15) is 12.2 Å². The Hall–Kier alpha value is -3.15. The standard InChI is InChI=1S/C21H24N6/c1-4-10-18-20(24-15-27-17(3)25-26-21(18)27)12-6-5-8-13-22-16(2)19-11-7-9-14-23-19/h5-9,11,13-15H,4,10,12H2,1-3H3/b6-5-,13-8-,22-16?. The highest BCUT2D eigenvalue weighted by Crippen LogP contribution is 2.16. The maximum absolute atomic E-state index is 4.62. The van der Waals surface area contributed by atoms with Crippen LogP contribution in [0.15, 0.2) is 60.1 Å². The first-order chi connectivity index (χ1) is 13.2. The lowest BCUT2D eigenvalue weighted by atomic mass is 10.1. The van der Waals surface area contributed by atoms with Crippen molar-refractivity contribution in [3.63, 3.8) is 0 Å². The zero-order chi connectivity index (χ0) is 19.1. The van der Waals surface area contributed by atoms with Crippen LogP contribution in [-0.2, 0) is 12.8 Å². The Morgan fingerprint density at radius 3 is 2.85 bits per heavy atom. The Balaban J connectivity index is 1.68. The van der Waals surface area contributed by atoms with Crippen molar-refractivity contribution in [3.8, 4) is 0 Å². The summed E-state index contributed by atoms with van der Waals surface area (Å²) in [5, 5.41) is 8.48. The molecule has 0 aliphatic rings. The number of hydrogen-bond donors (Lipinski definition) is 0. The highest BCUT2D eigenvalue weighted by Gasteiger charge is 2.11. The minimum absolute atomic E-state index is 0.755. The predicted molar refractivity (Wildman–Crippen MR) is 108 cm³/mol. The molecule has 0 saturated heterocycles. The Bertz CT molecular complexity index is 983. The van der Waals surface area contributed by atoms with Crippen molar-refractivity contribution >= 4 is 11.4 Å². The molecule has 0 spiro atoms. The van der Waals surface area contributed by atoms with Crippen LogP contribution < -0.4 is 0 Å². The van der Waals surface area contributed by atoms with Crippen molar-refractivity contribution in [2.75, 3.05) is 0 Å². The molecule has 27 heavy (non-hydrogen) atoms. The quantitative estimate of drug-likeness (QED) is 0.473. The van der Waals surface area contributed by atoms with Crippen molar-refractivity contribution in [2.45, 2.75) is 40.0 Å². The van der Waals surface area contributed by atoms with Crippen molar-refractivity contribution < 1.29 is 0 Å². The topological polar surface area (TPSA) is 68.3 Å². The fraction of sp³-hybridized carbons (Fsp3) is 0.286. The average molecular weight is 360 g/mol. The summed E-state index contributed by atoms with van der Waals surface area (Å²) in [6, 6.07) is 5.81. The molecule has 0 saturated carbocycles. The SMILES string of the molecule is CCCc1c(C/C=C\C=C/N=C(C)c2ccccn2)ncn2c(C)nnc12. The van der Waals surface area contributed by atoms with Gasteiger partial charge < -0.3 is 0 Å². The Morgan fingerprint density at radius 2 is 2.07 bits per heavy atom. The van der Waals surface area contributed by atoms with E-state index in [0.29, 0.717) is 0 Å². The van der Waals surface area contributed by atoms with Crippen LogP contribution in [0.1, 0.15) is 43.0 Å². The van der Waals surface area contributed by atoms with E-state index in [0.717, 1.165) is 47.8 Å². The minimum atomic E-state index is 0.755. The summed E-state index contributed by atoms with van der Waals surface area (Å²) in [7, 11) is 0. The molecule has 0 amide bonds. The van der Waals surface area contributed by atoms with Crippen molar-refractivity contribution in [1.82, 2.24) is 24.6 Å². The maximum atomic E-state index is 4.62. The second-order valence-corrected chi connectivity index (χ2v) is 6.26. The van der Waals surface area contributed by atoms with E-state index in [-0.39, 0.29) is 0 Å². The van der Waals surface area contributed by atoms with Crippen molar-refractivity contribution in [3.05, 3.63) is 77.9 Å². The lowest BCUT2D eigenvalue weighted by Crippen LogP contribution is -2.03. The van der Waals surface area contributed by atoms with Crippen LogP contribution in [0.2, 0.25) is 0 Å². The number of aromatic nitrogens is 5. The number of aliphatic imine (C=N–C) groups is 1. The maximum Gasteiger partial charge on any atom is 0.167 e. The predicted octanol–water partition coefficient (Wildman–Crippen LogP) is 3.90. The molecule has 0 bridgehead atoms. The molecular weight excluding hydrogens is 336 g/mol. The molecule has 6 heteroatoms. The molecule has 0 radical (unpaired) electrons. The van der Waals surface area contributed by atoms with Crippen LogP contribution in [0, 0.1) is 6.92 Å². The number of aryl methyl sites for hydroxylation is 2. The summed E-state index contributed by atoms with van der Waals surface area (Å²) in [6.45, 7) is 6.05. The van der Waals surface area contributed by atoms with Gasteiger partial charge in [-0.15, -0.1) is 10.2 Å². The molecular formula is C21H24N6. The molecule has 0 aliphatic heterocycles. The van der Waals surface area contributed by atoms with Gasteiger partial charge >= 0.3 is 0 Å². The zero-order valence-corrected chi connectivity index (χ0v) is 16.0. The summed E-state index contributed by atoms with van der Waals surface area (Å²) in [4.78, 5) is 13.3. The van der Waals surface area contributed by atoms with Crippen LogP contribution >= 0.6 is 0 Å². The number of fused-ring (bicyclic) bond motifs is 1. The Kier molecular flexibility index (Phi) is 6.20. The third kappa shape index (κ3) is 4.53. The molecule has 0 unspecified atom stereocenters. The molecule has 3 heterocycles. The van der Waals surface area contributed by atoms with E-state index < -0.39 is 0 Å². The second-order valence-electron chi connectivity index (χ2n) is 6.26. The molecule has 3 aromatic rings.